The van der Waals surface area contributed by atoms with E-state index in [0.29, 0.717) is 30.2 Å². The predicted octanol–water partition coefficient (Wildman–Crippen LogP) is 3.34. The highest BCUT2D eigenvalue weighted by atomic mass is 35.5. The Hall–Kier alpha value is -2.40. The monoisotopic (exact) mass is 397 g/mol. The van der Waals surface area contributed by atoms with Crippen LogP contribution in [-0.2, 0) is 11.2 Å². The molecule has 2 heterocycles. The lowest BCUT2D eigenvalue weighted by atomic mass is 9.90. The summed E-state index contributed by atoms with van der Waals surface area (Å²) in [5, 5.41) is 3.69. The lowest BCUT2D eigenvalue weighted by molar-refractivity contribution is -0.123. The fraction of sp³-hybridized carbons (Fsp3) is 0.409. The molecular weight excluding hydrogens is 374 g/mol. The summed E-state index contributed by atoms with van der Waals surface area (Å²) in [5.74, 6) is 0.279. The molecule has 2 fully saturated rings. The zero-order chi connectivity index (χ0) is 19.6. The largest absolute Gasteiger partial charge is 0.355 e. The van der Waals surface area contributed by atoms with Crippen LogP contribution in [0.2, 0.25) is 5.02 Å². The van der Waals surface area contributed by atoms with Gasteiger partial charge in [-0.1, -0.05) is 17.7 Å². The molecule has 2 aromatic rings. The fourth-order valence-corrected chi connectivity index (χ4v) is 4.31. The number of rotatable bonds is 5. The number of hydrogen-bond donors (Lipinski definition) is 1. The summed E-state index contributed by atoms with van der Waals surface area (Å²) < 4.78 is 0. The second-order valence-electron chi connectivity index (χ2n) is 7.78. The first-order chi connectivity index (χ1) is 13.6. The number of nitrogens with zero attached hydrogens (tertiary/aromatic N) is 2. The number of carbonyl (C=O) groups is 2. The summed E-state index contributed by atoms with van der Waals surface area (Å²) in [4.78, 5) is 31.3. The molecule has 1 aliphatic carbocycles. The van der Waals surface area contributed by atoms with Gasteiger partial charge < -0.3 is 10.2 Å². The summed E-state index contributed by atoms with van der Waals surface area (Å²) in [5.41, 5.74) is 1.74. The van der Waals surface area contributed by atoms with Gasteiger partial charge in [-0.25, -0.2) is 0 Å². The first kappa shape index (κ1) is 18.9. The minimum atomic E-state index is 0.0449. The molecule has 0 bridgehead atoms. The van der Waals surface area contributed by atoms with Crippen LogP contribution in [0.5, 0.6) is 0 Å². The molecule has 146 valence electrons. The van der Waals surface area contributed by atoms with Gasteiger partial charge in [0, 0.05) is 54.4 Å². The number of aromatic nitrogens is 1. The van der Waals surface area contributed by atoms with Gasteiger partial charge in [-0.15, -0.1) is 0 Å². The van der Waals surface area contributed by atoms with Crippen LogP contribution in [0, 0.1) is 11.3 Å². The molecule has 1 saturated carbocycles. The Morgan fingerprint density at radius 1 is 1.14 bits per heavy atom. The number of likely N-dealkylation sites (tertiary alicyclic amines) is 1. The molecule has 1 saturated heterocycles. The van der Waals surface area contributed by atoms with Gasteiger partial charge in [0.1, 0.15) is 0 Å². The second-order valence-corrected chi connectivity index (χ2v) is 8.22. The molecule has 6 heteroatoms. The molecule has 2 amide bonds. The Morgan fingerprint density at radius 2 is 1.89 bits per heavy atom. The first-order valence-corrected chi connectivity index (χ1v) is 10.2. The van der Waals surface area contributed by atoms with Crippen molar-refractivity contribution >= 4 is 23.4 Å². The number of pyridine rings is 1. The molecule has 1 atom stereocenters. The van der Waals surface area contributed by atoms with Crippen LogP contribution < -0.4 is 5.32 Å². The van der Waals surface area contributed by atoms with Crippen LogP contribution in [0.3, 0.4) is 0 Å². The van der Waals surface area contributed by atoms with Crippen molar-refractivity contribution in [2.45, 2.75) is 25.7 Å². The fourth-order valence-electron chi connectivity index (χ4n) is 4.18. The van der Waals surface area contributed by atoms with E-state index in [2.05, 4.69) is 10.3 Å². The van der Waals surface area contributed by atoms with Gasteiger partial charge in [0.2, 0.25) is 5.91 Å². The molecule has 1 unspecified atom stereocenters. The maximum absolute atomic E-state index is 12.6. The van der Waals surface area contributed by atoms with E-state index >= 15 is 0 Å². The quantitative estimate of drug-likeness (QED) is 0.841. The molecule has 1 aromatic carbocycles. The molecule has 0 radical (unpaired) electrons. The Balaban J connectivity index is 1.24. The van der Waals surface area contributed by atoms with Gasteiger partial charge >= 0.3 is 0 Å². The van der Waals surface area contributed by atoms with Crippen LogP contribution in [0.25, 0.3) is 0 Å². The van der Waals surface area contributed by atoms with Gasteiger partial charge in [0.25, 0.3) is 5.91 Å². The lowest BCUT2D eigenvalue weighted by Gasteiger charge is -2.33. The van der Waals surface area contributed by atoms with Crippen molar-refractivity contribution in [3.8, 4) is 0 Å². The van der Waals surface area contributed by atoms with E-state index in [9.17, 15) is 9.59 Å². The number of benzene rings is 1. The number of halogens is 1. The molecule has 4 rings (SSSR count). The summed E-state index contributed by atoms with van der Waals surface area (Å²) in [6.45, 7) is 2.03. The zero-order valence-corrected chi connectivity index (χ0v) is 16.5. The van der Waals surface area contributed by atoms with Gasteiger partial charge in [-0.05, 0) is 61.1 Å². The third-order valence-electron chi connectivity index (χ3n) is 6.05. The number of nitrogens with one attached hydrogen (secondary N) is 1. The second kappa shape index (κ2) is 7.92. The van der Waals surface area contributed by atoms with Gasteiger partial charge in [-0.2, -0.15) is 0 Å². The molecule has 1 aliphatic heterocycles. The first-order valence-electron chi connectivity index (χ1n) is 9.80. The van der Waals surface area contributed by atoms with Crippen molar-refractivity contribution in [1.82, 2.24) is 15.2 Å². The highest BCUT2D eigenvalue weighted by Gasteiger charge is 2.58. The number of piperidine rings is 1. The third-order valence-corrected chi connectivity index (χ3v) is 6.30. The average Bonchev–Trinajstić information content (AvgIpc) is 3.43. The maximum Gasteiger partial charge on any atom is 0.253 e. The Morgan fingerprint density at radius 3 is 2.57 bits per heavy atom. The molecule has 2 aliphatic rings. The average molecular weight is 398 g/mol. The van der Waals surface area contributed by atoms with Crippen LogP contribution in [0.15, 0.2) is 48.7 Å². The SMILES string of the molecule is O=C(NCCc1ccccn1)C1CC12CCN(C(=O)c1ccc(Cl)cc1)CC2. The lowest BCUT2D eigenvalue weighted by Crippen LogP contribution is -2.40. The van der Waals surface area contributed by atoms with Crippen molar-refractivity contribution in [2.75, 3.05) is 19.6 Å². The maximum atomic E-state index is 12.6. The highest BCUT2D eigenvalue weighted by molar-refractivity contribution is 6.30. The molecule has 28 heavy (non-hydrogen) atoms. The van der Waals surface area contributed by atoms with E-state index < -0.39 is 0 Å². The molecule has 1 spiro atoms. The van der Waals surface area contributed by atoms with E-state index in [-0.39, 0.29) is 23.1 Å². The van der Waals surface area contributed by atoms with E-state index in [4.69, 9.17) is 11.6 Å². The summed E-state index contributed by atoms with van der Waals surface area (Å²) in [6, 6.07) is 12.8. The number of hydrogen-bond acceptors (Lipinski definition) is 3. The molecule has 1 N–H and O–H groups in total. The number of carbonyl (C=O) groups excluding carboxylic acids is 2. The minimum absolute atomic E-state index is 0.0449. The van der Waals surface area contributed by atoms with Crippen molar-refractivity contribution in [3.63, 3.8) is 0 Å². The van der Waals surface area contributed by atoms with E-state index in [0.717, 1.165) is 31.4 Å². The van der Waals surface area contributed by atoms with Crippen molar-refractivity contribution in [1.29, 1.82) is 0 Å². The molecular formula is C22H24ClN3O2. The smallest absolute Gasteiger partial charge is 0.253 e. The highest BCUT2D eigenvalue weighted by Crippen LogP contribution is 2.59. The third kappa shape index (κ3) is 4.04. The normalized spacial score (nSPS) is 20.0. The molecule has 1 aromatic heterocycles. The Bertz CT molecular complexity index is 846. The molecule has 5 nitrogen and oxygen atoms in total. The van der Waals surface area contributed by atoms with Crippen LogP contribution in [-0.4, -0.2) is 41.3 Å². The van der Waals surface area contributed by atoms with Gasteiger partial charge in [-0.3, -0.25) is 14.6 Å². The van der Waals surface area contributed by atoms with Crippen LogP contribution >= 0.6 is 11.6 Å². The summed E-state index contributed by atoms with van der Waals surface area (Å²) in [6.07, 6.45) is 5.24. The van der Waals surface area contributed by atoms with Gasteiger partial charge in [0.05, 0.1) is 0 Å². The minimum Gasteiger partial charge on any atom is -0.355 e. The van der Waals surface area contributed by atoms with Crippen molar-refractivity contribution < 1.29 is 9.59 Å². The standard InChI is InChI=1S/C22H24ClN3O2/c23-17-6-4-16(5-7-17)21(28)26-13-9-22(10-14-26)15-19(22)20(27)25-12-8-18-3-1-2-11-24-18/h1-7,11,19H,8-10,12-15H2,(H,25,27). The van der Waals surface area contributed by atoms with Gasteiger partial charge in [0.15, 0.2) is 0 Å². The summed E-state index contributed by atoms with van der Waals surface area (Å²) in [7, 11) is 0. The van der Waals surface area contributed by atoms with Crippen LogP contribution in [0.1, 0.15) is 35.3 Å². The van der Waals surface area contributed by atoms with Crippen molar-refractivity contribution in [2.24, 2.45) is 11.3 Å². The van der Waals surface area contributed by atoms with E-state index in [1.165, 1.54) is 0 Å². The number of amides is 2. The summed E-state index contributed by atoms with van der Waals surface area (Å²) >= 11 is 5.90. The predicted molar refractivity (Wildman–Crippen MR) is 108 cm³/mol. The topological polar surface area (TPSA) is 62.3 Å². The zero-order valence-electron chi connectivity index (χ0n) is 15.7. The van der Waals surface area contributed by atoms with E-state index in [1.54, 1.807) is 30.5 Å². The Labute approximate surface area is 170 Å². The van der Waals surface area contributed by atoms with E-state index in [1.807, 2.05) is 23.1 Å². The van der Waals surface area contributed by atoms with Crippen molar-refractivity contribution in [3.05, 3.63) is 64.9 Å². The Kier molecular flexibility index (Phi) is 5.36. The van der Waals surface area contributed by atoms with Crippen LogP contribution in [0.4, 0.5) is 0 Å².